The molecule has 0 bridgehead atoms. The lowest BCUT2D eigenvalue weighted by Crippen LogP contribution is -2.12. The highest BCUT2D eigenvalue weighted by atomic mass is 32.2. The quantitative estimate of drug-likeness (QED) is 0.834. The van der Waals surface area contributed by atoms with E-state index in [0.717, 1.165) is 12.1 Å². The molecular weight excluding hydrogens is 301 g/mol. The molecule has 0 saturated carbocycles. The van der Waals surface area contributed by atoms with E-state index in [9.17, 15) is 21.6 Å². The van der Waals surface area contributed by atoms with Crippen LogP contribution in [0.15, 0.2) is 52.3 Å². The van der Waals surface area contributed by atoms with Crippen molar-refractivity contribution in [2.45, 2.75) is 29.8 Å². The van der Waals surface area contributed by atoms with Gasteiger partial charge in [0.05, 0.1) is 15.4 Å². The van der Waals surface area contributed by atoms with Crippen molar-refractivity contribution in [3.8, 4) is 0 Å². The molecule has 0 aliphatic carbocycles. The molecule has 2 aromatic rings. The molecule has 0 radical (unpaired) electrons. The van der Waals surface area contributed by atoms with Crippen LogP contribution in [0.4, 0.5) is 13.2 Å². The summed E-state index contributed by atoms with van der Waals surface area (Å²) in [7, 11) is -3.82. The third-order valence-corrected chi connectivity index (χ3v) is 5.30. The van der Waals surface area contributed by atoms with Crippen LogP contribution in [0.1, 0.15) is 16.7 Å². The molecule has 21 heavy (non-hydrogen) atoms. The van der Waals surface area contributed by atoms with Crippen LogP contribution < -0.4 is 0 Å². The van der Waals surface area contributed by atoms with Crippen LogP contribution in [0.25, 0.3) is 0 Å². The second kappa shape index (κ2) is 5.18. The van der Waals surface area contributed by atoms with Gasteiger partial charge in [-0.15, -0.1) is 0 Å². The van der Waals surface area contributed by atoms with Crippen LogP contribution in [0.3, 0.4) is 0 Å². The maximum absolute atomic E-state index is 12.8. The fourth-order valence-electron chi connectivity index (χ4n) is 2.12. The fourth-order valence-corrected chi connectivity index (χ4v) is 3.69. The smallest absolute Gasteiger partial charge is 0.219 e. The van der Waals surface area contributed by atoms with Gasteiger partial charge >= 0.3 is 6.18 Å². The Morgan fingerprint density at radius 1 is 0.857 bits per heavy atom. The Bertz CT molecular complexity index is 763. The van der Waals surface area contributed by atoms with Gasteiger partial charge in [-0.2, -0.15) is 13.2 Å². The number of sulfone groups is 1. The Morgan fingerprint density at radius 3 is 1.95 bits per heavy atom. The predicted octanol–water partition coefficient (Wildman–Crippen LogP) is 4.16. The first kappa shape index (κ1) is 15.6. The van der Waals surface area contributed by atoms with E-state index >= 15 is 0 Å². The van der Waals surface area contributed by atoms with Crippen LogP contribution in [-0.2, 0) is 16.0 Å². The highest BCUT2D eigenvalue weighted by molar-refractivity contribution is 7.91. The van der Waals surface area contributed by atoms with Gasteiger partial charge in [0.1, 0.15) is 0 Å². The zero-order chi connectivity index (χ0) is 15.8. The normalized spacial score (nSPS) is 12.4. The van der Waals surface area contributed by atoms with Gasteiger partial charge in [-0.05, 0) is 49.2 Å². The largest absolute Gasteiger partial charge is 0.416 e. The second-order valence-electron chi connectivity index (χ2n) is 4.68. The van der Waals surface area contributed by atoms with Crippen LogP contribution in [0.5, 0.6) is 0 Å². The first-order chi connectivity index (χ1) is 9.65. The number of halogens is 3. The topological polar surface area (TPSA) is 34.1 Å². The Morgan fingerprint density at radius 2 is 1.43 bits per heavy atom. The van der Waals surface area contributed by atoms with E-state index in [0.29, 0.717) is 0 Å². The van der Waals surface area contributed by atoms with Crippen molar-refractivity contribution in [2.75, 3.05) is 0 Å². The van der Waals surface area contributed by atoms with Gasteiger partial charge in [0.25, 0.3) is 0 Å². The molecule has 0 N–H and O–H groups in total. The Kier molecular flexibility index (Phi) is 3.84. The minimum Gasteiger partial charge on any atom is -0.219 e. The summed E-state index contributed by atoms with van der Waals surface area (Å²) in [4.78, 5) is -0.0357. The summed E-state index contributed by atoms with van der Waals surface area (Å²) in [5.74, 6) is 0. The number of hydrogen-bond donors (Lipinski definition) is 0. The van der Waals surface area contributed by atoms with Crippen molar-refractivity contribution in [3.05, 3.63) is 59.2 Å². The summed E-state index contributed by atoms with van der Waals surface area (Å²) in [6.07, 6.45) is -4.50. The predicted molar refractivity (Wildman–Crippen MR) is 72.8 cm³/mol. The molecule has 0 atom stereocenters. The third-order valence-electron chi connectivity index (χ3n) is 3.39. The first-order valence-electron chi connectivity index (χ1n) is 6.13. The lowest BCUT2D eigenvalue weighted by atomic mass is 10.0. The van der Waals surface area contributed by atoms with Crippen LogP contribution >= 0.6 is 0 Å². The van der Waals surface area contributed by atoms with E-state index in [2.05, 4.69) is 0 Å². The SMILES string of the molecule is Cc1c(C(F)(F)F)ccc(S(=O)(=O)c2ccccc2)c1C. The fraction of sp³-hybridized carbons (Fsp3) is 0.200. The highest BCUT2D eigenvalue weighted by Gasteiger charge is 2.34. The van der Waals surface area contributed by atoms with E-state index < -0.39 is 21.6 Å². The Labute approximate surface area is 121 Å². The maximum atomic E-state index is 12.8. The van der Waals surface area contributed by atoms with Gasteiger partial charge in [0.15, 0.2) is 0 Å². The molecule has 0 aliphatic rings. The molecule has 2 rings (SSSR count). The third kappa shape index (κ3) is 2.81. The van der Waals surface area contributed by atoms with E-state index in [1.165, 1.54) is 26.0 Å². The minimum absolute atomic E-state index is 0.0623. The van der Waals surface area contributed by atoms with Gasteiger partial charge in [0, 0.05) is 0 Å². The summed E-state index contributed by atoms with van der Waals surface area (Å²) >= 11 is 0. The summed E-state index contributed by atoms with van der Waals surface area (Å²) in [5.41, 5.74) is -0.764. The van der Waals surface area contributed by atoms with Gasteiger partial charge < -0.3 is 0 Å². The molecule has 0 spiro atoms. The van der Waals surface area contributed by atoms with Crippen LogP contribution in [-0.4, -0.2) is 8.42 Å². The average Bonchev–Trinajstić information content (AvgIpc) is 2.41. The van der Waals surface area contributed by atoms with E-state index in [4.69, 9.17) is 0 Å². The molecule has 2 aromatic carbocycles. The molecular formula is C15H13F3O2S. The van der Waals surface area contributed by atoms with Crippen molar-refractivity contribution in [1.29, 1.82) is 0 Å². The molecule has 0 amide bonds. The van der Waals surface area contributed by atoms with E-state index in [-0.39, 0.29) is 20.9 Å². The van der Waals surface area contributed by atoms with Gasteiger partial charge in [0.2, 0.25) is 9.84 Å². The first-order valence-corrected chi connectivity index (χ1v) is 7.61. The molecule has 0 aliphatic heterocycles. The Hall–Kier alpha value is -1.82. The number of alkyl halides is 3. The van der Waals surface area contributed by atoms with Crippen molar-refractivity contribution in [1.82, 2.24) is 0 Å². The Balaban J connectivity index is 2.65. The number of rotatable bonds is 2. The average molecular weight is 314 g/mol. The summed E-state index contributed by atoms with van der Waals surface area (Å²) in [6.45, 7) is 2.67. The van der Waals surface area contributed by atoms with E-state index in [1.54, 1.807) is 18.2 Å². The zero-order valence-corrected chi connectivity index (χ0v) is 12.2. The molecule has 0 saturated heterocycles. The van der Waals surface area contributed by atoms with Crippen molar-refractivity contribution < 1.29 is 21.6 Å². The van der Waals surface area contributed by atoms with Crippen molar-refractivity contribution in [3.63, 3.8) is 0 Å². The molecule has 112 valence electrons. The second-order valence-corrected chi connectivity index (χ2v) is 6.59. The molecule has 0 fully saturated rings. The monoisotopic (exact) mass is 314 g/mol. The lowest BCUT2D eigenvalue weighted by molar-refractivity contribution is -0.138. The number of benzene rings is 2. The number of hydrogen-bond acceptors (Lipinski definition) is 2. The minimum atomic E-state index is -4.50. The molecule has 0 heterocycles. The molecule has 0 unspecified atom stereocenters. The van der Waals surface area contributed by atoms with Crippen molar-refractivity contribution >= 4 is 9.84 Å². The molecule has 0 aromatic heterocycles. The van der Waals surface area contributed by atoms with Gasteiger partial charge in [-0.1, -0.05) is 18.2 Å². The summed E-state index contributed by atoms with van der Waals surface area (Å²) in [6, 6.07) is 9.48. The lowest BCUT2D eigenvalue weighted by Gasteiger charge is -2.15. The van der Waals surface area contributed by atoms with Crippen LogP contribution in [0.2, 0.25) is 0 Å². The maximum Gasteiger partial charge on any atom is 0.416 e. The molecule has 2 nitrogen and oxygen atoms in total. The summed E-state index contributed by atoms with van der Waals surface area (Å²) in [5, 5.41) is 0. The molecule has 6 heteroatoms. The highest BCUT2D eigenvalue weighted by Crippen LogP contribution is 2.36. The van der Waals surface area contributed by atoms with Crippen molar-refractivity contribution in [2.24, 2.45) is 0 Å². The van der Waals surface area contributed by atoms with E-state index in [1.807, 2.05) is 0 Å². The van der Waals surface area contributed by atoms with Gasteiger partial charge in [-0.25, -0.2) is 8.42 Å². The summed E-state index contributed by atoms with van der Waals surface area (Å²) < 4.78 is 63.5. The van der Waals surface area contributed by atoms with Crippen LogP contribution in [0, 0.1) is 13.8 Å². The standard InChI is InChI=1S/C15H13F3O2S/c1-10-11(2)14(9-8-13(10)15(16,17)18)21(19,20)12-6-4-3-5-7-12/h3-9H,1-2H3. The van der Waals surface area contributed by atoms with Gasteiger partial charge in [-0.3, -0.25) is 0 Å². The zero-order valence-electron chi connectivity index (χ0n) is 11.4.